The number of hydrogen-bond donors (Lipinski definition) is 0. The van der Waals surface area contributed by atoms with Crippen LogP contribution in [-0.4, -0.2) is 23.8 Å². The number of benzene rings is 3. The molecule has 0 spiro atoms. The maximum absolute atomic E-state index is 13.5. The molecule has 5 rings (SSSR count). The van der Waals surface area contributed by atoms with E-state index in [0.29, 0.717) is 6.42 Å². The second kappa shape index (κ2) is 9.90. The molecule has 4 nitrogen and oxygen atoms in total. The van der Waals surface area contributed by atoms with Gasteiger partial charge in [-0.1, -0.05) is 78.9 Å². The van der Waals surface area contributed by atoms with Gasteiger partial charge in [-0.15, -0.1) is 0 Å². The molecule has 1 aliphatic rings. The monoisotopic (exact) mass is 474 g/mol. The number of fused-ring (bicyclic) bond motifs is 1. The molecule has 1 unspecified atom stereocenters. The first-order valence-electron chi connectivity index (χ1n) is 12.3. The number of nitrogens with zero attached hydrogens (tertiary/aromatic N) is 2. The maximum atomic E-state index is 13.5. The first-order valence-corrected chi connectivity index (χ1v) is 12.3. The number of pyridine rings is 1. The quantitative estimate of drug-likeness (QED) is 0.255. The minimum absolute atomic E-state index is 0.270. The summed E-state index contributed by atoms with van der Waals surface area (Å²) in [4.78, 5) is 23.9. The van der Waals surface area contributed by atoms with Crippen molar-refractivity contribution in [3.05, 3.63) is 136 Å². The Balaban J connectivity index is 1.92. The van der Waals surface area contributed by atoms with E-state index in [-0.39, 0.29) is 5.97 Å². The zero-order chi connectivity index (χ0) is 25.1. The Morgan fingerprint density at radius 1 is 0.889 bits per heavy atom. The molecule has 3 aromatic carbocycles. The van der Waals surface area contributed by atoms with Gasteiger partial charge in [-0.2, -0.15) is 0 Å². The van der Waals surface area contributed by atoms with Crippen molar-refractivity contribution in [2.75, 3.05) is 7.11 Å². The lowest BCUT2D eigenvalue weighted by Crippen LogP contribution is -2.45. The van der Waals surface area contributed by atoms with E-state index in [4.69, 9.17) is 14.7 Å². The zero-order valence-electron chi connectivity index (χ0n) is 20.9. The summed E-state index contributed by atoms with van der Waals surface area (Å²) in [5, 5.41) is 0. The average molecular weight is 475 g/mol. The molecule has 0 bridgehead atoms. The number of ether oxygens (including phenoxy) is 1. The molecule has 36 heavy (non-hydrogen) atoms. The highest BCUT2D eigenvalue weighted by Gasteiger charge is 2.51. The first kappa shape index (κ1) is 23.7. The lowest BCUT2D eigenvalue weighted by atomic mass is 9.66. The highest BCUT2D eigenvalue weighted by atomic mass is 16.5. The van der Waals surface area contributed by atoms with E-state index < -0.39 is 11.5 Å². The summed E-state index contributed by atoms with van der Waals surface area (Å²) in [6.45, 7) is 4.24. The molecule has 0 radical (unpaired) electrons. The number of aryl methyl sites for hydroxylation is 3. The predicted octanol–water partition coefficient (Wildman–Crippen LogP) is 6.22. The maximum Gasteiger partial charge on any atom is 0.311 e. The van der Waals surface area contributed by atoms with Crippen molar-refractivity contribution >= 4 is 11.7 Å². The fourth-order valence-electron chi connectivity index (χ4n) is 5.33. The van der Waals surface area contributed by atoms with Gasteiger partial charge in [-0.05, 0) is 61.1 Å². The van der Waals surface area contributed by atoms with Crippen LogP contribution in [-0.2, 0) is 21.5 Å². The van der Waals surface area contributed by atoms with E-state index in [1.54, 1.807) is 6.20 Å². The highest BCUT2D eigenvalue weighted by molar-refractivity contribution is 6.13. The number of aliphatic imine (C=N–C) groups is 1. The number of aromatic nitrogens is 1. The Bertz CT molecular complexity index is 1360. The highest BCUT2D eigenvalue weighted by Crippen LogP contribution is 2.49. The van der Waals surface area contributed by atoms with Crippen molar-refractivity contribution in [1.29, 1.82) is 0 Å². The predicted molar refractivity (Wildman–Crippen MR) is 143 cm³/mol. The van der Waals surface area contributed by atoms with E-state index in [1.165, 1.54) is 18.2 Å². The Morgan fingerprint density at radius 2 is 1.50 bits per heavy atom. The molecule has 0 amide bonds. The van der Waals surface area contributed by atoms with Crippen molar-refractivity contribution in [3.8, 4) is 0 Å². The van der Waals surface area contributed by atoms with E-state index in [2.05, 4.69) is 50.2 Å². The Morgan fingerprint density at radius 3 is 2.08 bits per heavy atom. The van der Waals surface area contributed by atoms with E-state index in [0.717, 1.165) is 40.1 Å². The third-order valence-corrected chi connectivity index (χ3v) is 7.26. The van der Waals surface area contributed by atoms with E-state index in [1.807, 2.05) is 54.6 Å². The molecule has 0 N–H and O–H groups in total. The normalized spacial score (nSPS) is 18.7. The molecule has 0 aliphatic heterocycles. The summed E-state index contributed by atoms with van der Waals surface area (Å²) < 4.78 is 5.39. The third kappa shape index (κ3) is 4.13. The van der Waals surface area contributed by atoms with Gasteiger partial charge in [0.1, 0.15) is 5.54 Å². The summed E-state index contributed by atoms with van der Waals surface area (Å²) in [5.74, 6) is -0.789. The van der Waals surface area contributed by atoms with Crippen LogP contribution in [0.25, 0.3) is 0 Å². The van der Waals surface area contributed by atoms with Gasteiger partial charge in [0.05, 0.1) is 24.4 Å². The molecule has 0 saturated heterocycles. The van der Waals surface area contributed by atoms with Crippen LogP contribution >= 0.6 is 0 Å². The number of hydrogen-bond acceptors (Lipinski definition) is 4. The van der Waals surface area contributed by atoms with Crippen LogP contribution in [0.15, 0.2) is 102 Å². The largest absolute Gasteiger partial charge is 0.469 e. The van der Waals surface area contributed by atoms with Crippen LogP contribution in [0, 0.1) is 19.8 Å². The van der Waals surface area contributed by atoms with Gasteiger partial charge >= 0.3 is 5.97 Å². The lowest BCUT2D eigenvalue weighted by molar-refractivity contribution is -0.148. The summed E-state index contributed by atoms with van der Waals surface area (Å²) in [6, 6.07) is 30.6. The Kier molecular flexibility index (Phi) is 6.51. The summed E-state index contributed by atoms with van der Waals surface area (Å²) in [5.41, 5.74) is 7.11. The van der Waals surface area contributed by atoms with Crippen LogP contribution < -0.4 is 0 Å². The molecule has 180 valence electrons. The standard InChI is InChI=1S/C32H30N2O2/c1-22-20-26-17-18-27(31(35)36-3)32(28(26)21-23(22)2,29-16-10-11-19-33-29)34-30(24-12-6-4-7-13-24)25-14-8-5-9-15-25/h4-16,19-21,27H,17-18H2,1-3H3/t27-,32?/m0/s1. The number of esters is 1. The number of carbonyl (C=O) groups is 1. The summed E-state index contributed by atoms with van der Waals surface area (Å²) >= 11 is 0. The molecule has 1 heterocycles. The van der Waals surface area contributed by atoms with Crippen molar-refractivity contribution < 1.29 is 9.53 Å². The van der Waals surface area contributed by atoms with Gasteiger partial charge in [-0.25, -0.2) is 0 Å². The van der Waals surface area contributed by atoms with Gasteiger partial charge in [0, 0.05) is 17.3 Å². The van der Waals surface area contributed by atoms with Crippen molar-refractivity contribution in [2.45, 2.75) is 32.2 Å². The fraction of sp³-hybridized carbons (Fsp3) is 0.219. The van der Waals surface area contributed by atoms with Crippen LogP contribution in [0.2, 0.25) is 0 Å². The van der Waals surface area contributed by atoms with Gasteiger partial charge < -0.3 is 4.74 Å². The van der Waals surface area contributed by atoms with Gasteiger partial charge in [0.25, 0.3) is 0 Å². The van der Waals surface area contributed by atoms with Gasteiger partial charge in [-0.3, -0.25) is 14.8 Å². The molecule has 2 atom stereocenters. The minimum atomic E-state index is -1.04. The molecule has 0 saturated carbocycles. The number of carbonyl (C=O) groups excluding carboxylic acids is 1. The molecular formula is C32H30N2O2. The van der Waals surface area contributed by atoms with Crippen LogP contribution in [0.4, 0.5) is 0 Å². The average Bonchev–Trinajstić information content (AvgIpc) is 2.93. The van der Waals surface area contributed by atoms with Crippen LogP contribution in [0.5, 0.6) is 0 Å². The summed E-state index contributed by atoms with van der Waals surface area (Å²) in [6.07, 6.45) is 3.19. The van der Waals surface area contributed by atoms with Crippen LogP contribution in [0.1, 0.15) is 45.5 Å². The topological polar surface area (TPSA) is 51.5 Å². The van der Waals surface area contributed by atoms with Crippen molar-refractivity contribution in [3.63, 3.8) is 0 Å². The lowest BCUT2D eigenvalue weighted by Gasteiger charge is -2.42. The Labute approximate surface area is 212 Å². The minimum Gasteiger partial charge on any atom is -0.469 e. The van der Waals surface area contributed by atoms with E-state index >= 15 is 0 Å². The number of methoxy groups -OCH3 is 1. The molecule has 1 aliphatic carbocycles. The molecule has 4 heteroatoms. The SMILES string of the molecule is COC(=O)[C@@H]1CCc2cc(C)c(C)cc2C1(N=C(c1ccccc1)c1ccccc1)c1ccccn1. The fourth-order valence-corrected chi connectivity index (χ4v) is 5.33. The van der Waals surface area contributed by atoms with Crippen molar-refractivity contribution in [1.82, 2.24) is 4.98 Å². The number of rotatable bonds is 5. The third-order valence-electron chi connectivity index (χ3n) is 7.26. The first-order chi connectivity index (χ1) is 17.5. The van der Waals surface area contributed by atoms with Gasteiger partial charge in [0.2, 0.25) is 0 Å². The second-order valence-corrected chi connectivity index (χ2v) is 9.38. The van der Waals surface area contributed by atoms with Gasteiger partial charge in [0.15, 0.2) is 0 Å². The van der Waals surface area contributed by atoms with Crippen LogP contribution in [0.3, 0.4) is 0 Å². The van der Waals surface area contributed by atoms with E-state index in [9.17, 15) is 4.79 Å². The Hall–Kier alpha value is -4.05. The zero-order valence-corrected chi connectivity index (χ0v) is 20.9. The molecule has 4 aromatic rings. The smallest absolute Gasteiger partial charge is 0.311 e. The molecular weight excluding hydrogens is 444 g/mol. The molecule has 0 fully saturated rings. The van der Waals surface area contributed by atoms with Crippen molar-refractivity contribution in [2.24, 2.45) is 10.9 Å². The molecule has 1 aromatic heterocycles. The second-order valence-electron chi connectivity index (χ2n) is 9.38. The summed E-state index contributed by atoms with van der Waals surface area (Å²) in [7, 11) is 1.46.